The van der Waals surface area contributed by atoms with Crippen molar-refractivity contribution in [1.29, 1.82) is 0 Å². The smallest absolute Gasteiger partial charge is 0.314 e. The topological polar surface area (TPSA) is 167 Å². The average molecular weight is 806 g/mol. The van der Waals surface area contributed by atoms with Gasteiger partial charge in [-0.05, 0) is 44.8 Å². The molecule has 4 rings (SSSR count). The van der Waals surface area contributed by atoms with Crippen molar-refractivity contribution < 1.29 is 67.2 Å². The van der Waals surface area contributed by atoms with Crippen LogP contribution in [0, 0.1) is 11.3 Å². The summed E-state index contributed by atoms with van der Waals surface area (Å²) in [5.74, 6) is -4.10. The Morgan fingerprint density at radius 3 is 2.06 bits per heavy atom. The van der Waals surface area contributed by atoms with Crippen molar-refractivity contribution in [3.63, 3.8) is 0 Å². The number of cyclic esters (lactones) is 1. The number of allylic oxidation sites excluding steroid dienone is 3. The predicted octanol–water partition coefficient (Wildman–Crippen LogP) is 3.49. The quantitative estimate of drug-likeness (QED) is 0.243. The highest BCUT2D eigenvalue weighted by atomic mass is 79.9. The molecule has 3 saturated heterocycles. The zero-order valence-electron chi connectivity index (χ0n) is 31.8. The Labute approximate surface area is 315 Å². The Kier molecular flexibility index (Phi) is 15.2. The first-order chi connectivity index (χ1) is 24.5. The van der Waals surface area contributed by atoms with Gasteiger partial charge < -0.3 is 57.6 Å². The molecule has 1 unspecified atom stereocenters. The molecular formula is C37H57BrO14. The Morgan fingerprint density at radius 2 is 1.46 bits per heavy atom. The standard InChI is InChI=1S/C37H57BrO14/c1-19-15-23(13-11-12-14-38)49-33(41)20(2)37(42)18-24(17-26(52-37)36(5,6)25(39)16-19)50-35-32(46-10)31(29(44-8)22(4)48-35)51-34-30(45-9)27(40)28(43-7)21(3)47-34/h11-14,16,20-24,26-32,34-35,40,42H,15,17-18H2,1-10H3/b13-11+,14-12+,19-16+/t20-,21+,22+,23+,24-,26-,27-,28+,29?,30-,31-,32-,34-,35+,37+/m1/s1. The van der Waals surface area contributed by atoms with Crippen LogP contribution in [0.1, 0.15) is 60.8 Å². The van der Waals surface area contributed by atoms with Gasteiger partial charge in [0.25, 0.3) is 0 Å². The van der Waals surface area contributed by atoms with Gasteiger partial charge in [-0.2, -0.15) is 0 Å². The van der Waals surface area contributed by atoms with Crippen molar-refractivity contribution in [2.45, 2.75) is 146 Å². The summed E-state index contributed by atoms with van der Waals surface area (Å²) in [5, 5.41) is 23.2. The lowest BCUT2D eigenvalue weighted by molar-refractivity contribution is -0.374. The number of halogens is 1. The number of carbonyl (C=O) groups excluding carboxylic acids is 2. The normalized spacial score (nSPS) is 44.5. The molecular weight excluding hydrogens is 748 g/mol. The molecule has 4 aliphatic rings. The maximum Gasteiger partial charge on any atom is 0.314 e. The summed E-state index contributed by atoms with van der Waals surface area (Å²) >= 11 is 3.22. The molecule has 0 amide bonds. The molecule has 3 fully saturated rings. The van der Waals surface area contributed by atoms with Crippen LogP contribution in [-0.2, 0) is 57.0 Å². The van der Waals surface area contributed by atoms with Crippen molar-refractivity contribution in [3.05, 3.63) is 34.9 Å². The molecule has 0 aromatic carbocycles. The minimum Gasteiger partial charge on any atom is -0.457 e. The molecule has 4 heterocycles. The van der Waals surface area contributed by atoms with Gasteiger partial charge in [0, 0.05) is 47.7 Å². The zero-order valence-corrected chi connectivity index (χ0v) is 33.3. The Hall–Kier alpha value is -1.60. The Balaban J connectivity index is 1.65. The number of hydrogen-bond donors (Lipinski definition) is 2. The van der Waals surface area contributed by atoms with E-state index in [2.05, 4.69) is 15.9 Å². The third-order valence-corrected chi connectivity index (χ3v) is 11.0. The first kappa shape index (κ1) is 43.1. The van der Waals surface area contributed by atoms with E-state index in [4.69, 9.17) is 47.4 Å². The fraction of sp³-hybridized carbons (Fsp3) is 0.784. The molecule has 0 spiro atoms. The number of fused-ring (bicyclic) bond motifs is 2. The van der Waals surface area contributed by atoms with Gasteiger partial charge in [0.1, 0.15) is 48.6 Å². The summed E-state index contributed by atoms with van der Waals surface area (Å²) in [6.45, 7) is 10.4. The fourth-order valence-corrected chi connectivity index (χ4v) is 7.59. The summed E-state index contributed by atoms with van der Waals surface area (Å²) in [6.07, 6.45) is -3.51. The summed E-state index contributed by atoms with van der Waals surface area (Å²) < 4.78 is 60.6. The minimum absolute atomic E-state index is 0.144. The van der Waals surface area contributed by atoms with Gasteiger partial charge in [-0.3, -0.25) is 9.59 Å². The third kappa shape index (κ3) is 9.43. The van der Waals surface area contributed by atoms with Crippen LogP contribution in [0.15, 0.2) is 34.9 Å². The van der Waals surface area contributed by atoms with Gasteiger partial charge in [-0.15, -0.1) is 0 Å². The van der Waals surface area contributed by atoms with Crippen LogP contribution < -0.4 is 0 Å². The molecule has 52 heavy (non-hydrogen) atoms. The highest BCUT2D eigenvalue weighted by Gasteiger charge is 2.56. The summed E-state index contributed by atoms with van der Waals surface area (Å²) in [6, 6.07) is 0. The van der Waals surface area contributed by atoms with Crippen molar-refractivity contribution in [2.75, 3.05) is 28.4 Å². The first-order valence-corrected chi connectivity index (χ1v) is 18.6. The number of hydrogen-bond acceptors (Lipinski definition) is 14. The third-order valence-electron chi connectivity index (χ3n) is 10.7. The lowest BCUT2D eigenvalue weighted by Gasteiger charge is -2.50. The second-order valence-corrected chi connectivity index (χ2v) is 15.2. The van der Waals surface area contributed by atoms with E-state index in [0.717, 1.165) is 5.57 Å². The van der Waals surface area contributed by atoms with Crippen LogP contribution >= 0.6 is 15.9 Å². The number of rotatable bonds is 10. The Bertz CT molecular complexity index is 1300. The van der Waals surface area contributed by atoms with Gasteiger partial charge >= 0.3 is 5.97 Å². The second kappa shape index (κ2) is 18.4. The summed E-state index contributed by atoms with van der Waals surface area (Å²) in [4.78, 5) is 29.1. The van der Waals surface area contributed by atoms with Crippen LogP contribution in [0.25, 0.3) is 0 Å². The van der Waals surface area contributed by atoms with Gasteiger partial charge in [-0.1, -0.05) is 47.5 Å². The van der Waals surface area contributed by atoms with Crippen molar-refractivity contribution in [2.24, 2.45) is 11.3 Å². The molecule has 0 radical (unpaired) electrons. The van der Waals surface area contributed by atoms with Crippen LogP contribution in [0.4, 0.5) is 0 Å². The number of aliphatic hydroxyl groups is 2. The molecule has 2 N–H and O–H groups in total. The molecule has 15 atom stereocenters. The SMILES string of the molecule is COC1[C@H](C)O[C@@H](O[C@@H]2C[C@H]3O[C@@](O)(C2)[C@H](C)C(=O)O[C@@H](/C=C/C=C/Br)C/C(C)=C/C(=O)C3(C)C)[C@H](OC)[C@@H]1O[C@H]1O[C@@H](C)[C@H](OC)[C@@H](O)[C@H]1OC. The van der Waals surface area contributed by atoms with Crippen molar-refractivity contribution in [3.8, 4) is 0 Å². The zero-order chi connectivity index (χ0) is 38.5. The first-order valence-electron chi connectivity index (χ1n) is 17.7. The molecule has 296 valence electrons. The van der Waals surface area contributed by atoms with Crippen LogP contribution in [-0.4, -0.2) is 136 Å². The van der Waals surface area contributed by atoms with Crippen LogP contribution in [0.5, 0.6) is 0 Å². The van der Waals surface area contributed by atoms with E-state index in [1.807, 2.05) is 6.92 Å². The average Bonchev–Trinajstić information content (AvgIpc) is 3.07. The highest BCUT2D eigenvalue weighted by Crippen LogP contribution is 2.44. The maximum atomic E-state index is 13.8. The molecule has 4 aliphatic heterocycles. The van der Waals surface area contributed by atoms with E-state index < -0.39 is 103 Å². The number of methoxy groups -OCH3 is 4. The molecule has 0 aromatic heterocycles. The van der Waals surface area contributed by atoms with E-state index in [1.54, 1.807) is 57.0 Å². The number of esters is 1. The summed E-state index contributed by atoms with van der Waals surface area (Å²) in [5.41, 5.74) is -0.400. The van der Waals surface area contributed by atoms with Gasteiger partial charge in [0.05, 0.1) is 29.8 Å². The number of aliphatic hydroxyl groups excluding tert-OH is 1. The maximum absolute atomic E-state index is 13.8. The monoisotopic (exact) mass is 804 g/mol. The lowest BCUT2D eigenvalue weighted by Crippen LogP contribution is -2.65. The molecule has 0 aromatic rings. The van der Waals surface area contributed by atoms with Crippen molar-refractivity contribution in [1.82, 2.24) is 0 Å². The van der Waals surface area contributed by atoms with Gasteiger partial charge in [0.2, 0.25) is 0 Å². The molecule has 2 bridgehead atoms. The predicted molar refractivity (Wildman–Crippen MR) is 190 cm³/mol. The molecule has 0 aliphatic carbocycles. The molecule has 0 saturated carbocycles. The van der Waals surface area contributed by atoms with Gasteiger partial charge in [-0.25, -0.2) is 0 Å². The lowest BCUT2D eigenvalue weighted by atomic mass is 9.75. The van der Waals surface area contributed by atoms with Crippen molar-refractivity contribution >= 4 is 27.7 Å². The second-order valence-electron chi connectivity index (χ2n) is 14.6. The van der Waals surface area contributed by atoms with E-state index >= 15 is 0 Å². The number of carbonyl (C=O) groups is 2. The Morgan fingerprint density at radius 1 is 0.865 bits per heavy atom. The van der Waals surface area contributed by atoms with Crippen LogP contribution in [0.3, 0.4) is 0 Å². The number of ketones is 1. The largest absolute Gasteiger partial charge is 0.457 e. The van der Waals surface area contributed by atoms with E-state index in [-0.39, 0.29) is 18.6 Å². The molecule has 15 heteroatoms. The van der Waals surface area contributed by atoms with Gasteiger partial charge in [0.15, 0.2) is 24.2 Å². The minimum atomic E-state index is -2.07. The van der Waals surface area contributed by atoms with E-state index in [1.165, 1.54) is 35.4 Å². The molecule has 14 nitrogen and oxygen atoms in total. The summed E-state index contributed by atoms with van der Waals surface area (Å²) in [7, 11) is 5.93. The fourth-order valence-electron chi connectivity index (χ4n) is 7.41. The number of ether oxygens (including phenoxy) is 10. The highest BCUT2D eigenvalue weighted by molar-refractivity contribution is 9.11. The van der Waals surface area contributed by atoms with E-state index in [9.17, 15) is 19.8 Å². The van der Waals surface area contributed by atoms with Crippen LogP contribution in [0.2, 0.25) is 0 Å². The van der Waals surface area contributed by atoms with E-state index in [0.29, 0.717) is 6.42 Å².